The Hall–Kier alpha value is -1.47. The van der Waals surface area contributed by atoms with Crippen molar-refractivity contribution in [3.8, 4) is 0 Å². The molecule has 130 valence electrons. The van der Waals surface area contributed by atoms with Gasteiger partial charge in [-0.2, -0.15) is 5.10 Å². The zero-order chi connectivity index (χ0) is 16.2. The average molecular weight is 329 g/mol. The molecule has 6 nitrogen and oxygen atoms in total. The molecule has 0 amide bonds. The van der Waals surface area contributed by atoms with E-state index in [1.807, 2.05) is 6.20 Å². The summed E-state index contributed by atoms with van der Waals surface area (Å²) >= 11 is 0. The summed E-state index contributed by atoms with van der Waals surface area (Å²) in [5.41, 5.74) is 2.46. The van der Waals surface area contributed by atoms with Gasteiger partial charge in [-0.15, -0.1) is 0 Å². The maximum atomic E-state index is 5.41. The molecule has 6 heteroatoms. The Labute approximate surface area is 143 Å². The van der Waals surface area contributed by atoms with Crippen molar-refractivity contribution in [1.82, 2.24) is 25.3 Å². The average Bonchev–Trinajstić information content (AvgIpc) is 3.28. The van der Waals surface area contributed by atoms with E-state index in [2.05, 4.69) is 43.5 Å². The van der Waals surface area contributed by atoms with E-state index in [4.69, 9.17) is 4.74 Å². The second kappa shape index (κ2) is 7.61. The number of hydrogen-bond donors (Lipinski definition) is 2. The van der Waals surface area contributed by atoms with Crippen LogP contribution in [-0.4, -0.2) is 78.5 Å². The molecule has 2 aliphatic heterocycles. The van der Waals surface area contributed by atoms with Gasteiger partial charge in [-0.05, 0) is 18.5 Å². The number of ether oxygens (including phenoxy) is 1. The lowest BCUT2D eigenvalue weighted by molar-refractivity contribution is 0.0343. The number of para-hydroxylation sites is 1. The molecule has 0 radical (unpaired) electrons. The first-order valence-corrected chi connectivity index (χ1v) is 9.05. The van der Waals surface area contributed by atoms with Crippen molar-refractivity contribution in [3.63, 3.8) is 0 Å². The molecule has 0 aliphatic carbocycles. The standard InChI is InChI=1S/C18H27N5O/c1-2-15(18-16(3-1)13-20-21-18)12-19-17-4-5-23(14-17)7-6-22-8-10-24-11-9-22/h1-3,13,17,19H,4-12,14H2,(H,20,21). The number of H-pyrrole nitrogens is 1. The molecule has 2 fully saturated rings. The molecular weight excluding hydrogens is 302 g/mol. The summed E-state index contributed by atoms with van der Waals surface area (Å²) in [4.78, 5) is 5.10. The SMILES string of the molecule is c1cc(CNC2CCN(CCN3CCOCC3)C2)c2[nH]ncc2c1. The van der Waals surface area contributed by atoms with Gasteiger partial charge >= 0.3 is 0 Å². The van der Waals surface area contributed by atoms with E-state index in [9.17, 15) is 0 Å². The Morgan fingerprint density at radius 2 is 2.04 bits per heavy atom. The van der Waals surface area contributed by atoms with Crippen LogP contribution in [0.2, 0.25) is 0 Å². The molecule has 24 heavy (non-hydrogen) atoms. The molecule has 2 aromatic rings. The van der Waals surface area contributed by atoms with E-state index < -0.39 is 0 Å². The second-order valence-electron chi connectivity index (χ2n) is 6.87. The predicted molar refractivity (Wildman–Crippen MR) is 95.0 cm³/mol. The summed E-state index contributed by atoms with van der Waals surface area (Å²) in [6, 6.07) is 6.98. The van der Waals surface area contributed by atoms with E-state index in [0.29, 0.717) is 6.04 Å². The molecule has 4 rings (SSSR count). The van der Waals surface area contributed by atoms with Crippen molar-refractivity contribution < 1.29 is 4.74 Å². The van der Waals surface area contributed by atoms with Crippen LogP contribution in [0, 0.1) is 0 Å². The number of aromatic nitrogens is 2. The summed E-state index contributed by atoms with van der Waals surface area (Å²) in [6.45, 7) is 9.57. The van der Waals surface area contributed by atoms with Crippen molar-refractivity contribution in [2.24, 2.45) is 0 Å². The molecule has 0 spiro atoms. The van der Waals surface area contributed by atoms with Crippen LogP contribution in [0.15, 0.2) is 24.4 Å². The normalized spacial score (nSPS) is 23.2. The van der Waals surface area contributed by atoms with Crippen molar-refractivity contribution in [2.75, 3.05) is 52.5 Å². The minimum absolute atomic E-state index is 0.591. The third-order valence-electron chi connectivity index (χ3n) is 5.25. The van der Waals surface area contributed by atoms with Crippen molar-refractivity contribution in [1.29, 1.82) is 0 Å². The van der Waals surface area contributed by atoms with Crippen molar-refractivity contribution in [3.05, 3.63) is 30.0 Å². The summed E-state index contributed by atoms with van der Waals surface area (Å²) < 4.78 is 5.41. The molecule has 2 aliphatic rings. The smallest absolute Gasteiger partial charge is 0.0695 e. The van der Waals surface area contributed by atoms with Crippen LogP contribution in [0.5, 0.6) is 0 Å². The van der Waals surface area contributed by atoms with E-state index >= 15 is 0 Å². The third-order valence-corrected chi connectivity index (χ3v) is 5.25. The third kappa shape index (κ3) is 3.78. The van der Waals surface area contributed by atoms with Crippen molar-refractivity contribution in [2.45, 2.75) is 19.0 Å². The quantitative estimate of drug-likeness (QED) is 0.830. The maximum Gasteiger partial charge on any atom is 0.0695 e. The molecular formula is C18H27N5O. The lowest BCUT2D eigenvalue weighted by Gasteiger charge is -2.28. The fraction of sp³-hybridized carbons (Fsp3) is 0.611. The van der Waals surface area contributed by atoms with Crippen molar-refractivity contribution >= 4 is 10.9 Å². The van der Waals surface area contributed by atoms with E-state index in [0.717, 1.165) is 44.9 Å². The zero-order valence-corrected chi connectivity index (χ0v) is 14.2. The number of morpholine rings is 1. The Bertz CT molecular complexity index is 652. The van der Waals surface area contributed by atoms with Crippen LogP contribution in [0.1, 0.15) is 12.0 Å². The Balaban J connectivity index is 1.23. The van der Waals surface area contributed by atoms with Gasteiger partial charge in [-0.25, -0.2) is 0 Å². The van der Waals surface area contributed by atoms with E-state index in [-0.39, 0.29) is 0 Å². The van der Waals surface area contributed by atoms with Gasteiger partial charge in [-0.3, -0.25) is 10.00 Å². The van der Waals surface area contributed by atoms with Gasteiger partial charge in [0.2, 0.25) is 0 Å². The Morgan fingerprint density at radius 1 is 1.17 bits per heavy atom. The first-order chi connectivity index (χ1) is 11.9. The van der Waals surface area contributed by atoms with Crippen LogP contribution >= 0.6 is 0 Å². The zero-order valence-electron chi connectivity index (χ0n) is 14.2. The van der Waals surface area contributed by atoms with Crippen LogP contribution < -0.4 is 5.32 Å². The molecule has 1 aromatic carbocycles. The van der Waals surface area contributed by atoms with Crippen LogP contribution in [0.4, 0.5) is 0 Å². The van der Waals surface area contributed by atoms with Gasteiger partial charge in [0.05, 0.1) is 24.9 Å². The van der Waals surface area contributed by atoms with Gasteiger partial charge in [0, 0.05) is 50.7 Å². The lowest BCUT2D eigenvalue weighted by atomic mass is 10.1. The second-order valence-corrected chi connectivity index (χ2v) is 6.87. The van der Waals surface area contributed by atoms with Gasteiger partial charge in [0.25, 0.3) is 0 Å². The monoisotopic (exact) mass is 329 g/mol. The molecule has 0 bridgehead atoms. The fourth-order valence-corrected chi connectivity index (χ4v) is 3.74. The highest BCUT2D eigenvalue weighted by Gasteiger charge is 2.22. The van der Waals surface area contributed by atoms with Crippen LogP contribution in [0.25, 0.3) is 10.9 Å². The summed E-state index contributed by atoms with van der Waals surface area (Å²) in [7, 11) is 0. The van der Waals surface area contributed by atoms with E-state index in [1.165, 1.54) is 37.0 Å². The van der Waals surface area contributed by atoms with E-state index in [1.54, 1.807) is 0 Å². The number of rotatable bonds is 6. The lowest BCUT2D eigenvalue weighted by Crippen LogP contribution is -2.41. The number of nitrogens with zero attached hydrogens (tertiary/aromatic N) is 3. The molecule has 3 heterocycles. The molecule has 1 unspecified atom stereocenters. The highest BCUT2D eigenvalue weighted by Crippen LogP contribution is 2.16. The summed E-state index contributed by atoms with van der Waals surface area (Å²) in [5, 5.41) is 12.2. The fourth-order valence-electron chi connectivity index (χ4n) is 3.74. The number of aromatic amines is 1. The predicted octanol–water partition coefficient (Wildman–Crippen LogP) is 1.06. The van der Waals surface area contributed by atoms with Gasteiger partial charge in [0.1, 0.15) is 0 Å². The minimum atomic E-state index is 0.591. The molecule has 1 atom stereocenters. The largest absolute Gasteiger partial charge is 0.379 e. The molecule has 1 aromatic heterocycles. The number of hydrogen-bond acceptors (Lipinski definition) is 5. The minimum Gasteiger partial charge on any atom is -0.379 e. The molecule has 0 saturated carbocycles. The maximum absolute atomic E-state index is 5.41. The van der Waals surface area contributed by atoms with Gasteiger partial charge in [0.15, 0.2) is 0 Å². The topological polar surface area (TPSA) is 56.4 Å². The van der Waals surface area contributed by atoms with Crippen LogP contribution in [0.3, 0.4) is 0 Å². The molecule has 2 saturated heterocycles. The van der Waals surface area contributed by atoms with Crippen LogP contribution in [-0.2, 0) is 11.3 Å². The first kappa shape index (κ1) is 16.0. The number of fused-ring (bicyclic) bond motifs is 1. The number of likely N-dealkylation sites (tertiary alicyclic amines) is 1. The highest BCUT2D eigenvalue weighted by atomic mass is 16.5. The van der Waals surface area contributed by atoms with Gasteiger partial charge in [-0.1, -0.05) is 18.2 Å². The summed E-state index contributed by atoms with van der Waals surface area (Å²) in [5.74, 6) is 0. The highest BCUT2D eigenvalue weighted by molar-refractivity contribution is 5.81. The van der Waals surface area contributed by atoms with Gasteiger partial charge < -0.3 is 15.0 Å². The number of nitrogens with one attached hydrogen (secondary N) is 2. The Morgan fingerprint density at radius 3 is 2.96 bits per heavy atom. The molecule has 2 N–H and O–H groups in total. The Kier molecular flexibility index (Phi) is 5.08. The summed E-state index contributed by atoms with van der Waals surface area (Å²) in [6.07, 6.45) is 3.13. The number of benzene rings is 1. The first-order valence-electron chi connectivity index (χ1n) is 9.05.